The number of Topliss-reactive ketones (excluding diaryl/α,β-unsaturated/α-hetero) is 1. The van der Waals surface area contributed by atoms with Crippen molar-refractivity contribution in [2.75, 3.05) is 0 Å². The smallest absolute Gasteiger partial charge is 0.159 e. The zero-order valence-corrected chi connectivity index (χ0v) is 9.09. The maximum atomic E-state index is 11.8. The molecule has 0 N–H and O–H groups in total. The van der Waals surface area contributed by atoms with Gasteiger partial charge in [-0.25, -0.2) is 0 Å². The average Bonchev–Trinajstić information content (AvgIpc) is 2.25. The molecule has 0 aliphatic heterocycles. The fourth-order valence-corrected chi connectivity index (χ4v) is 1.95. The minimum atomic E-state index is 0.327. The second-order valence-electron chi connectivity index (χ2n) is 3.96. The SMILES string of the molecule is C=CC1CCCC=C1C(=O)CCCC. The van der Waals surface area contributed by atoms with Crippen LogP contribution in [0.25, 0.3) is 0 Å². The standard InChI is InChI=1S/C13H20O/c1-3-5-10-13(14)12-9-7-6-8-11(12)4-2/h4,9,11H,2-3,5-8,10H2,1H3. The van der Waals surface area contributed by atoms with Crippen LogP contribution in [0, 0.1) is 5.92 Å². The van der Waals surface area contributed by atoms with Crippen molar-refractivity contribution in [3.05, 3.63) is 24.3 Å². The van der Waals surface area contributed by atoms with Gasteiger partial charge < -0.3 is 0 Å². The third kappa shape index (κ3) is 2.83. The van der Waals surface area contributed by atoms with E-state index in [9.17, 15) is 4.79 Å². The molecule has 1 rings (SSSR count). The molecule has 1 heteroatoms. The van der Waals surface area contributed by atoms with Crippen LogP contribution in [0.15, 0.2) is 24.3 Å². The first-order valence-electron chi connectivity index (χ1n) is 5.65. The van der Waals surface area contributed by atoms with Crippen molar-refractivity contribution in [1.29, 1.82) is 0 Å². The molecular weight excluding hydrogens is 172 g/mol. The van der Waals surface area contributed by atoms with Crippen LogP contribution in [-0.4, -0.2) is 5.78 Å². The van der Waals surface area contributed by atoms with E-state index in [2.05, 4.69) is 19.6 Å². The Bertz CT molecular complexity index is 238. The molecule has 1 aliphatic rings. The second kappa shape index (κ2) is 5.79. The fourth-order valence-electron chi connectivity index (χ4n) is 1.95. The minimum absolute atomic E-state index is 0.327. The topological polar surface area (TPSA) is 17.1 Å². The Labute approximate surface area is 86.9 Å². The van der Waals surface area contributed by atoms with E-state index in [1.807, 2.05) is 6.08 Å². The van der Waals surface area contributed by atoms with Crippen molar-refractivity contribution in [3.63, 3.8) is 0 Å². The Morgan fingerprint density at radius 1 is 1.71 bits per heavy atom. The molecule has 0 saturated carbocycles. The summed E-state index contributed by atoms with van der Waals surface area (Å²) in [4.78, 5) is 11.8. The van der Waals surface area contributed by atoms with Gasteiger partial charge in [0.1, 0.15) is 0 Å². The second-order valence-corrected chi connectivity index (χ2v) is 3.96. The molecule has 0 saturated heterocycles. The van der Waals surface area contributed by atoms with Crippen molar-refractivity contribution in [2.24, 2.45) is 5.92 Å². The Morgan fingerprint density at radius 2 is 2.50 bits per heavy atom. The van der Waals surface area contributed by atoms with E-state index in [1.165, 1.54) is 6.42 Å². The zero-order chi connectivity index (χ0) is 10.4. The summed E-state index contributed by atoms with van der Waals surface area (Å²) < 4.78 is 0. The summed E-state index contributed by atoms with van der Waals surface area (Å²) in [7, 11) is 0. The lowest BCUT2D eigenvalue weighted by Crippen LogP contribution is -2.14. The molecule has 1 atom stereocenters. The molecule has 0 aromatic rings. The van der Waals surface area contributed by atoms with Crippen LogP contribution in [-0.2, 0) is 4.79 Å². The molecule has 0 aromatic heterocycles. The van der Waals surface area contributed by atoms with Gasteiger partial charge in [-0.1, -0.05) is 25.5 Å². The van der Waals surface area contributed by atoms with Crippen LogP contribution < -0.4 is 0 Å². The third-order valence-electron chi connectivity index (χ3n) is 2.85. The monoisotopic (exact) mass is 192 g/mol. The number of allylic oxidation sites excluding steroid dienone is 3. The largest absolute Gasteiger partial charge is 0.295 e. The van der Waals surface area contributed by atoms with Gasteiger partial charge in [0.25, 0.3) is 0 Å². The van der Waals surface area contributed by atoms with Crippen LogP contribution in [0.2, 0.25) is 0 Å². The molecule has 0 heterocycles. The fraction of sp³-hybridized carbons (Fsp3) is 0.615. The Morgan fingerprint density at radius 3 is 3.14 bits per heavy atom. The van der Waals surface area contributed by atoms with E-state index >= 15 is 0 Å². The van der Waals surface area contributed by atoms with E-state index in [1.54, 1.807) is 0 Å². The normalized spacial score (nSPS) is 21.5. The molecule has 1 unspecified atom stereocenters. The maximum Gasteiger partial charge on any atom is 0.159 e. The Kier molecular flexibility index (Phi) is 4.64. The van der Waals surface area contributed by atoms with Crippen LogP contribution >= 0.6 is 0 Å². The van der Waals surface area contributed by atoms with Gasteiger partial charge in [0.05, 0.1) is 0 Å². The van der Waals surface area contributed by atoms with Crippen LogP contribution in [0.5, 0.6) is 0 Å². The van der Waals surface area contributed by atoms with Gasteiger partial charge in [-0.05, 0) is 31.3 Å². The molecule has 14 heavy (non-hydrogen) atoms. The van der Waals surface area contributed by atoms with Crippen molar-refractivity contribution in [3.8, 4) is 0 Å². The quantitative estimate of drug-likeness (QED) is 0.607. The van der Waals surface area contributed by atoms with Gasteiger partial charge in [-0.15, -0.1) is 6.58 Å². The van der Waals surface area contributed by atoms with Crippen molar-refractivity contribution < 1.29 is 4.79 Å². The third-order valence-corrected chi connectivity index (χ3v) is 2.85. The van der Waals surface area contributed by atoms with E-state index < -0.39 is 0 Å². The predicted octanol–water partition coefficient (Wildman–Crippen LogP) is 3.66. The first kappa shape index (κ1) is 11.2. The molecule has 1 aliphatic carbocycles. The van der Waals surface area contributed by atoms with E-state index in [0.717, 1.165) is 31.3 Å². The number of carbonyl (C=O) groups excluding carboxylic acids is 1. The molecule has 0 fully saturated rings. The highest BCUT2D eigenvalue weighted by Gasteiger charge is 2.19. The zero-order valence-electron chi connectivity index (χ0n) is 9.09. The highest BCUT2D eigenvalue weighted by Crippen LogP contribution is 2.27. The summed E-state index contributed by atoms with van der Waals surface area (Å²) in [5, 5.41) is 0. The molecule has 78 valence electrons. The summed E-state index contributed by atoms with van der Waals surface area (Å²) in [6.45, 7) is 5.92. The van der Waals surface area contributed by atoms with Crippen molar-refractivity contribution >= 4 is 5.78 Å². The van der Waals surface area contributed by atoms with Gasteiger partial charge in [-0.2, -0.15) is 0 Å². The van der Waals surface area contributed by atoms with E-state index in [0.29, 0.717) is 18.1 Å². The molecule has 0 amide bonds. The lowest BCUT2D eigenvalue weighted by Gasteiger charge is -2.20. The number of hydrogen-bond donors (Lipinski definition) is 0. The van der Waals surface area contributed by atoms with Gasteiger partial charge >= 0.3 is 0 Å². The minimum Gasteiger partial charge on any atom is -0.295 e. The maximum absolute atomic E-state index is 11.8. The molecular formula is C13H20O. The number of hydrogen-bond acceptors (Lipinski definition) is 1. The van der Waals surface area contributed by atoms with E-state index in [4.69, 9.17) is 0 Å². The number of unbranched alkanes of at least 4 members (excludes halogenated alkanes) is 1. The van der Waals surface area contributed by atoms with Gasteiger partial charge in [0.15, 0.2) is 5.78 Å². The first-order valence-corrected chi connectivity index (χ1v) is 5.65. The van der Waals surface area contributed by atoms with Crippen molar-refractivity contribution in [1.82, 2.24) is 0 Å². The molecule has 0 radical (unpaired) electrons. The number of ketones is 1. The summed E-state index contributed by atoms with van der Waals surface area (Å²) in [6.07, 6.45) is 10.2. The predicted molar refractivity (Wildman–Crippen MR) is 60.2 cm³/mol. The number of rotatable bonds is 5. The van der Waals surface area contributed by atoms with Gasteiger partial charge in [0.2, 0.25) is 0 Å². The molecule has 0 aromatic carbocycles. The summed E-state index contributed by atoms with van der Waals surface area (Å²) >= 11 is 0. The molecule has 0 spiro atoms. The van der Waals surface area contributed by atoms with E-state index in [-0.39, 0.29) is 0 Å². The summed E-state index contributed by atoms with van der Waals surface area (Å²) in [5.74, 6) is 0.671. The highest BCUT2D eigenvalue weighted by molar-refractivity contribution is 5.96. The lowest BCUT2D eigenvalue weighted by molar-refractivity contribution is -0.116. The average molecular weight is 192 g/mol. The van der Waals surface area contributed by atoms with Crippen LogP contribution in [0.1, 0.15) is 45.4 Å². The van der Waals surface area contributed by atoms with Gasteiger partial charge in [-0.3, -0.25) is 4.79 Å². The molecule has 1 nitrogen and oxygen atoms in total. The van der Waals surface area contributed by atoms with Crippen molar-refractivity contribution in [2.45, 2.75) is 45.4 Å². The lowest BCUT2D eigenvalue weighted by atomic mass is 9.84. The highest BCUT2D eigenvalue weighted by atomic mass is 16.1. The first-order chi connectivity index (χ1) is 6.79. The summed E-state index contributed by atoms with van der Waals surface area (Å²) in [5.41, 5.74) is 1.03. The number of carbonyl (C=O) groups is 1. The van der Waals surface area contributed by atoms with Crippen LogP contribution in [0.4, 0.5) is 0 Å². The summed E-state index contributed by atoms with van der Waals surface area (Å²) in [6, 6.07) is 0. The van der Waals surface area contributed by atoms with Gasteiger partial charge in [0, 0.05) is 12.3 Å². The Hall–Kier alpha value is -0.850. The van der Waals surface area contributed by atoms with Crippen LogP contribution in [0.3, 0.4) is 0 Å². The molecule has 0 bridgehead atoms. The Balaban J connectivity index is 2.59.